The molecule has 35 heavy (non-hydrogen) atoms. The summed E-state index contributed by atoms with van der Waals surface area (Å²) >= 11 is 12.6. The first-order chi connectivity index (χ1) is 16.7. The van der Waals surface area contributed by atoms with Gasteiger partial charge in [-0.25, -0.2) is 4.79 Å². The largest absolute Gasteiger partial charge is 0.484 e. The van der Waals surface area contributed by atoms with Crippen LogP contribution < -0.4 is 15.4 Å². The maximum absolute atomic E-state index is 12.7. The van der Waals surface area contributed by atoms with E-state index in [-0.39, 0.29) is 18.3 Å². The van der Waals surface area contributed by atoms with Crippen LogP contribution in [-0.2, 0) is 9.53 Å². The Bertz CT molecular complexity index is 1220. The van der Waals surface area contributed by atoms with Gasteiger partial charge in [-0.2, -0.15) is 0 Å². The van der Waals surface area contributed by atoms with Gasteiger partial charge in [-0.3, -0.25) is 10.1 Å². The summed E-state index contributed by atoms with van der Waals surface area (Å²) < 4.78 is 10.9. The molecule has 0 bridgehead atoms. The topological polar surface area (TPSA) is 76.7 Å². The van der Waals surface area contributed by atoms with Crippen molar-refractivity contribution in [2.45, 2.75) is 33.6 Å². The predicted molar refractivity (Wildman–Crippen MR) is 146 cm³/mol. The van der Waals surface area contributed by atoms with Gasteiger partial charge in [0, 0.05) is 16.0 Å². The molecule has 0 aliphatic heterocycles. The van der Waals surface area contributed by atoms with Crippen LogP contribution in [-0.4, -0.2) is 30.2 Å². The summed E-state index contributed by atoms with van der Waals surface area (Å²) in [6.07, 6.45) is 0. The Morgan fingerprint density at radius 2 is 1.86 bits per heavy atom. The summed E-state index contributed by atoms with van der Waals surface area (Å²) in [7, 11) is 0. The zero-order valence-corrected chi connectivity index (χ0v) is 22.3. The Morgan fingerprint density at radius 3 is 2.49 bits per heavy atom. The average molecular weight is 531 g/mol. The molecule has 0 aliphatic rings. The van der Waals surface area contributed by atoms with Crippen molar-refractivity contribution < 1.29 is 19.1 Å². The highest BCUT2D eigenvalue weighted by molar-refractivity contribution is 7.80. The summed E-state index contributed by atoms with van der Waals surface area (Å²) in [5, 5.41) is 8.49. The molecule has 0 radical (unpaired) electrons. The molecule has 9 heteroatoms. The number of carbonyl (C=O) groups is 2. The number of thiocarbonyl (C=S) groups is 1. The molecule has 0 atom stereocenters. The number of anilines is 1. The van der Waals surface area contributed by atoms with Gasteiger partial charge in [-0.15, -0.1) is 11.3 Å². The molecule has 2 aromatic carbocycles. The first kappa shape index (κ1) is 26.7. The van der Waals surface area contributed by atoms with E-state index in [0.29, 0.717) is 32.8 Å². The second-order valence-electron chi connectivity index (χ2n) is 8.04. The molecular weight excluding hydrogens is 504 g/mol. The zero-order valence-electron chi connectivity index (χ0n) is 19.9. The van der Waals surface area contributed by atoms with Gasteiger partial charge in [0.05, 0.1) is 6.61 Å². The predicted octanol–water partition coefficient (Wildman–Crippen LogP) is 6.57. The molecule has 0 saturated carbocycles. The van der Waals surface area contributed by atoms with Gasteiger partial charge in [0.25, 0.3) is 5.91 Å². The highest BCUT2D eigenvalue weighted by Crippen LogP contribution is 2.36. The second-order valence-corrected chi connectivity index (χ2v) is 9.77. The van der Waals surface area contributed by atoms with Gasteiger partial charge < -0.3 is 14.8 Å². The van der Waals surface area contributed by atoms with E-state index in [4.69, 9.17) is 33.3 Å². The zero-order chi connectivity index (χ0) is 25.5. The van der Waals surface area contributed by atoms with Crippen molar-refractivity contribution in [2.75, 3.05) is 18.5 Å². The summed E-state index contributed by atoms with van der Waals surface area (Å²) in [6.45, 7) is 8.04. The van der Waals surface area contributed by atoms with Crippen molar-refractivity contribution in [1.29, 1.82) is 0 Å². The van der Waals surface area contributed by atoms with Crippen LogP contribution in [0, 0.1) is 6.92 Å². The van der Waals surface area contributed by atoms with Gasteiger partial charge in [0.1, 0.15) is 16.3 Å². The maximum Gasteiger partial charge on any atom is 0.341 e. The van der Waals surface area contributed by atoms with Crippen LogP contribution in [0.5, 0.6) is 5.75 Å². The van der Waals surface area contributed by atoms with Crippen LogP contribution in [0.15, 0.2) is 47.8 Å². The Kier molecular flexibility index (Phi) is 9.26. The van der Waals surface area contributed by atoms with Crippen LogP contribution in [0.2, 0.25) is 5.02 Å². The lowest BCUT2D eigenvalue weighted by atomic mass is 9.98. The van der Waals surface area contributed by atoms with Crippen LogP contribution >= 0.6 is 35.2 Å². The quantitative estimate of drug-likeness (QED) is 0.253. The second kappa shape index (κ2) is 12.2. The number of nitrogens with one attached hydrogen (secondary N) is 2. The van der Waals surface area contributed by atoms with Gasteiger partial charge in [-0.05, 0) is 72.9 Å². The van der Waals surface area contributed by atoms with Gasteiger partial charge in [-0.1, -0.05) is 43.6 Å². The molecule has 0 aliphatic carbocycles. The van der Waals surface area contributed by atoms with E-state index in [1.54, 1.807) is 19.1 Å². The number of rotatable bonds is 8. The first-order valence-corrected chi connectivity index (χ1v) is 12.7. The normalized spacial score (nSPS) is 10.7. The summed E-state index contributed by atoms with van der Waals surface area (Å²) in [6, 6.07) is 12.9. The van der Waals surface area contributed by atoms with E-state index in [1.165, 1.54) is 16.9 Å². The van der Waals surface area contributed by atoms with Crippen molar-refractivity contribution in [1.82, 2.24) is 5.32 Å². The number of benzene rings is 2. The van der Waals surface area contributed by atoms with E-state index in [1.807, 2.05) is 42.6 Å². The van der Waals surface area contributed by atoms with Crippen molar-refractivity contribution >= 4 is 57.1 Å². The van der Waals surface area contributed by atoms with Gasteiger partial charge in [0.2, 0.25) is 0 Å². The summed E-state index contributed by atoms with van der Waals surface area (Å²) in [4.78, 5) is 25.1. The lowest BCUT2D eigenvalue weighted by molar-refractivity contribution is -0.121. The highest BCUT2D eigenvalue weighted by Gasteiger charge is 2.22. The number of carbonyl (C=O) groups excluding carboxylic acids is 2. The molecular formula is C26H27ClN2O4S2. The highest BCUT2D eigenvalue weighted by atomic mass is 35.5. The molecule has 2 N–H and O–H groups in total. The van der Waals surface area contributed by atoms with E-state index >= 15 is 0 Å². The molecule has 3 rings (SSSR count). The minimum absolute atomic E-state index is 0.0555. The molecule has 0 spiro atoms. The number of thiophene rings is 1. The van der Waals surface area contributed by atoms with Crippen LogP contribution in [0.25, 0.3) is 11.1 Å². The third-order valence-corrected chi connectivity index (χ3v) is 6.49. The molecule has 1 heterocycles. The lowest BCUT2D eigenvalue weighted by Gasteiger charge is -2.13. The molecule has 1 amide bonds. The van der Waals surface area contributed by atoms with Crippen molar-refractivity contribution in [2.24, 2.45) is 0 Å². The van der Waals surface area contributed by atoms with Crippen LogP contribution in [0.4, 0.5) is 5.00 Å². The molecule has 0 fully saturated rings. The summed E-state index contributed by atoms with van der Waals surface area (Å²) in [5.74, 6) is 0.114. The number of esters is 1. The molecule has 0 unspecified atom stereocenters. The molecule has 1 aromatic heterocycles. The fourth-order valence-corrected chi connectivity index (χ4v) is 4.90. The monoisotopic (exact) mass is 530 g/mol. The van der Waals surface area contributed by atoms with Crippen molar-refractivity contribution in [3.8, 4) is 16.9 Å². The standard InChI is InChI=1S/C26H27ClN2O4S2/c1-5-32-25(31)23-21(17-6-8-18(27)9-7-17)14-35-24(23)29-26(34)28-22(30)13-33-19-10-11-20(15(2)3)16(4)12-19/h6-12,14-15H,5,13H2,1-4H3,(H2,28,29,30,34). The fraction of sp³-hybridized carbons (Fsp3) is 0.269. The van der Waals surface area contributed by atoms with E-state index in [0.717, 1.165) is 11.1 Å². The van der Waals surface area contributed by atoms with Crippen molar-refractivity contribution in [3.63, 3.8) is 0 Å². The number of hydrogen-bond acceptors (Lipinski definition) is 6. The Hall–Kier alpha value is -2.94. The average Bonchev–Trinajstić information content (AvgIpc) is 3.21. The SMILES string of the molecule is CCOC(=O)c1c(-c2ccc(Cl)cc2)csc1NC(=S)NC(=O)COc1ccc(C(C)C)c(C)c1. The smallest absolute Gasteiger partial charge is 0.341 e. The molecule has 0 saturated heterocycles. The molecule has 6 nitrogen and oxygen atoms in total. The third kappa shape index (κ3) is 7.04. The van der Waals surface area contributed by atoms with Crippen LogP contribution in [0.1, 0.15) is 48.2 Å². The van der Waals surface area contributed by atoms with Crippen molar-refractivity contribution in [3.05, 3.63) is 69.6 Å². The summed E-state index contributed by atoms with van der Waals surface area (Å²) in [5.41, 5.74) is 4.18. The Morgan fingerprint density at radius 1 is 1.14 bits per heavy atom. The number of halogens is 1. The first-order valence-electron chi connectivity index (χ1n) is 11.1. The lowest BCUT2D eigenvalue weighted by Crippen LogP contribution is -2.37. The number of amides is 1. The Labute approximate surface area is 219 Å². The fourth-order valence-electron chi connectivity index (χ4n) is 3.53. The van der Waals surface area contributed by atoms with E-state index < -0.39 is 11.9 Å². The molecule has 3 aromatic rings. The maximum atomic E-state index is 12.7. The van der Waals surface area contributed by atoms with E-state index in [2.05, 4.69) is 24.5 Å². The number of hydrogen-bond donors (Lipinski definition) is 2. The number of aryl methyl sites for hydroxylation is 1. The minimum atomic E-state index is -0.487. The van der Waals surface area contributed by atoms with Crippen LogP contribution in [0.3, 0.4) is 0 Å². The van der Waals surface area contributed by atoms with Gasteiger partial charge in [0.15, 0.2) is 11.7 Å². The Balaban J connectivity index is 1.67. The minimum Gasteiger partial charge on any atom is -0.484 e. The van der Waals surface area contributed by atoms with E-state index in [9.17, 15) is 9.59 Å². The number of ether oxygens (including phenoxy) is 2. The third-order valence-electron chi connectivity index (χ3n) is 5.14. The van der Waals surface area contributed by atoms with Gasteiger partial charge >= 0.3 is 5.97 Å². The molecule has 184 valence electrons.